The van der Waals surface area contributed by atoms with Crippen LogP contribution in [0.25, 0.3) is 110 Å². The fourth-order valence-electron chi connectivity index (χ4n) is 10.9. The molecule has 0 aliphatic heterocycles. The number of nitrogens with two attached hydrogens (primary N) is 1. The zero-order valence-electron chi connectivity index (χ0n) is 43.5. The molecule has 0 atom stereocenters. The molecule has 0 spiro atoms. The van der Waals surface area contributed by atoms with E-state index >= 15 is 0 Å². The molecule has 0 aliphatic carbocycles. The largest absolute Gasteiger partial charge is 0.398 e. The van der Waals surface area contributed by atoms with E-state index in [0.717, 1.165) is 27.6 Å². The molecule has 14 aromatic carbocycles. The van der Waals surface area contributed by atoms with Gasteiger partial charge in [0, 0.05) is 33.2 Å². The Kier molecular flexibility index (Phi) is 14.6. The number of fused-ring (bicyclic) bond motifs is 6. The monoisotopic (exact) mass is 1030 g/mol. The van der Waals surface area contributed by atoms with Gasteiger partial charge in [0.1, 0.15) is 0 Å². The first-order valence-electron chi connectivity index (χ1n) is 26.7. The lowest BCUT2D eigenvalue weighted by molar-refractivity contribution is 1.52. The van der Waals surface area contributed by atoms with Gasteiger partial charge in [0.15, 0.2) is 0 Å². The SMILES string of the molecule is Clc1ccc(-c2ccccc2-c2cc3ccccc3c3ccccc23)cc1.Nc1ccccc1-c1ccccc1.c1ccc(-c2ccccc2Nc2ccc(-c3ccccc3-c3cc4ccccc4c4ccccc34)cc2)cc1. The maximum Gasteiger partial charge on any atom is 0.0463 e. The van der Waals surface area contributed by atoms with E-state index in [-0.39, 0.29) is 0 Å². The number of rotatable bonds is 8. The average Bonchev–Trinajstić information content (AvgIpc) is 3.70. The predicted octanol–water partition coefficient (Wildman–Crippen LogP) is 21.7. The average molecular weight is 1030 g/mol. The van der Waals surface area contributed by atoms with Crippen LogP contribution in [0.4, 0.5) is 17.1 Å². The van der Waals surface area contributed by atoms with Gasteiger partial charge in [-0.2, -0.15) is 0 Å². The van der Waals surface area contributed by atoms with E-state index in [2.05, 4.69) is 266 Å². The third kappa shape index (κ3) is 10.8. The van der Waals surface area contributed by atoms with Crippen LogP contribution in [0.15, 0.2) is 315 Å². The Morgan fingerprint density at radius 2 is 0.582 bits per heavy atom. The van der Waals surface area contributed by atoms with Crippen LogP contribution in [0, 0.1) is 0 Å². The molecule has 0 saturated heterocycles. The maximum absolute atomic E-state index is 6.10. The van der Waals surface area contributed by atoms with E-state index in [9.17, 15) is 0 Å². The van der Waals surface area contributed by atoms with E-state index < -0.39 is 0 Å². The molecular formula is C76H55ClN2. The second kappa shape index (κ2) is 23.1. The quantitative estimate of drug-likeness (QED) is 0.118. The van der Waals surface area contributed by atoms with E-state index in [4.69, 9.17) is 17.3 Å². The molecule has 0 amide bonds. The Bertz CT molecular complexity index is 4400. The van der Waals surface area contributed by atoms with Gasteiger partial charge < -0.3 is 11.1 Å². The highest BCUT2D eigenvalue weighted by molar-refractivity contribution is 6.30. The van der Waals surface area contributed by atoms with Gasteiger partial charge in [0.25, 0.3) is 0 Å². The van der Waals surface area contributed by atoms with Gasteiger partial charge in [0.2, 0.25) is 0 Å². The van der Waals surface area contributed by atoms with E-state index in [1.807, 2.05) is 54.6 Å². The molecule has 79 heavy (non-hydrogen) atoms. The van der Waals surface area contributed by atoms with Crippen molar-refractivity contribution in [3.8, 4) is 66.8 Å². The summed E-state index contributed by atoms with van der Waals surface area (Å²) in [7, 11) is 0. The van der Waals surface area contributed by atoms with Gasteiger partial charge in [-0.05, 0) is 147 Å². The number of hydrogen-bond donors (Lipinski definition) is 2. The van der Waals surface area contributed by atoms with Crippen molar-refractivity contribution in [1.29, 1.82) is 0 Å². The lowest BCUT2D eigenvalue weighted by atomic mass is 9.89. The van der Waals surface area contributed by atoms with Crippen molar-refractivity contribution in [1.82, 2.24) is 0 Å². The highest BCUT2D eigenvalue weighted by Gasteiger charge is 2.15. The molecule has 0 heterocycles. The number of para-hydroxylation sites is 2. The standard InChI is InChI=1S/C38H27N.C26H17Cl.C12H11N/c1-2-12-27(13-3-1)33-17-10-11-21-38(33)39-30-24-22-28(23-25-30)31-15-6-7-19-35(31)37-26-29-14-4-5-16-32(29)34-18-8-9-20-36(34)37;27-20-15-13-18(14-16-20)21-8-3-4-11-24(21)26-17-19-7-1-2-9-22(19)23-10-5-6-12-25(23)26;13-12-9-5-4-8-11(12)10-6-2-1-3-7-10/h1-26,39H;1-17H;1-9H,13H2. The Labute approximate surface area is 467 Å². The molecule has 0 bridgehead atoms. The third-order valence-electron chi connectivity index (χ3n) is 14.7. The first-order valence-corrected chi connectivity index (χ1v) is 27.1. The Hall–Kier alpha value is -9.99. The topological polar surface area (TPSA) is 38.0 Å². The Morgan fingerprint density at radius 3 is 1.08 bits per heavy atom. The number of nitrogens with one attached hydrogen (secondary N) is 1. The Morgan fingerprint density at radius 1 is 0.241 bits per heavy atom. The lowest BCUT2D eigenvalue weighted by Crippen LogP contribution is -1.93. The van der Waals surface area contributed by atoms with Crippen LogP contribution in [0.1, 0.15) is 0 Å². The fourth-order valence-corrected chi connectivity index (χ4v) is 11.0. The molecule has 3 heteroatoms. The van der Waals surface area contributed by atoms with Crippen LogP contribution in [0.2, 0.25) is 5.02 Å². The van der Waals surface area contributed by atoms with Crippen molar-refractivity contribution in [3.63, 3.8) is 0 Å². The molecule has 0 aliphatic rings. The molecule has 0 aromatic heterocycles. The zero-order chi connectivity index (χ0) is 53.3. The van der Waals surface area contributed by atoms with Gasteiger partial charge in [-0.25, -0.2) is 0 Å². The van der Waals surface area contributed by atoms with Crippen molar-refractivity contribution >= 4 is 71.8 Å². The van der Waals surface area contributed by atoms with Gasteiger partial charge in [-0.15, -0.1) is 0 Å². The third-order valence-corrected chi connectivity index (χ3v) is 14.9. The fraction of sp³-hybridized carbons (Fsp3) is 0. The maximum atomic E-state index is 6.10. The van der Waals surface area contributed by atoms with Gasteiger partial charge in [0.05, 0.1) is 0 Å². The molecule has 14 rings (SSSR count). The van der Waals surface area contributed by atoms with Crippen LogP contribution < -0.4 is 11.1 Å². The van der Waals surface area contributed by atoms with Crippen LogP contribution >= 0.6 is 11.6 Å². The molecule has 2 nitrogen and oxygen atoms in total. The molecule has 3 N–H and O–H groups in total. The van der Waals surface area contributed by atoms with Crippen molar-refractivity contribution in [2.75, 3.05) is 11.1 Å². The van der Waals surface area contributed by atoms with Crippen LogP contribution in [-0.2, 0) is 0 Å². The molecule has 376 valence electrons. The second-order valence-electron chi connectivity index (χ2n) is 19.5. The van der Waals surface area contributed by atoms with Crippen molar-refractivity contribution in [2.24, 2.45) is 0 Å². The Balaban J connectivity index is 0.000000134. The summed E-state index contributed by atoms with van der Waals surface area (Å²) in [6.45, 7) is 0. The number of nitrogen functional groups attached to an aromatic ring is 1. The van der Waals surface area contributed by atoms with E-state index in [1.165, 1.54) is 104 Å². The van der Waals surface area contributed by atoms with Gasteiger partial charge in [-0.3, -0.25) is 0 Å². The first-order chi connectivity index (χ1) is 39.0. The summed E-state index contributed by atoms with van der Waals surface area (Å²) in [4.78, 5) is 0. The summed E-state index contributed by atoms with van der Waals surface area (Å²) in [6, 6.07) is 111. The van der Waals surface area contributed by atoms with Crippen molar-refractivity contribution in [3.05, 3.63) is 320 Å². The zero-order valence-corrected chi connectivity index (χ0v) is 44.2. The van der Waals surface area contributed by atoms with Crippen LogP contribution in [0.3, 0.4) is 0 Å². The van der Waals surface area contributed by atoms with E-state index in [1.54, 1.807) is 0 Å². The smallest absolute Gasteiger partial charge is 0.0463 e. The van der Waals surface area contributed by atoms with Crippen LogP contribution in [-0.4, -0.2) is 0 Å². The van der Waals surface area contributed by atoms with E-state index in [0.29, 0.717) is 0 Å². The minimum atomic E-state index is 0.757. The minimum Gasteiger partial charge on any atom is -0.398 e. The molecule has 0 unspecified atom stereocenters. The molecule has 14 aromatic rings. The molecular weight excluding hydrogens is 976 g/mol. The molecule has 0 saturated carbocycles. The van der Waals surface area contributed by atoms with Crippen LogP contribution in [0.5, 0.6) is 0 Å². The van der Waals surface area contributed by atoms with Crippen molar-refractivity contribution in [2.45, 2.75) is 0 Å². The number of halogens is 1. The summed E-state index contributed by atoms with van der Waals surface area (Å²) >= 11 is 6.10. The van der Waals surface area contributed by atoms with Crippen molar-refractivity contribution < 1.29 is 0 Å². The molecule has 0 radical (unpaired) electrons. The summed E-state index contributed by atoms with van der Waals surface area (Å²) in [5.74, 6) is 0. The summed E-state index contributed by atoms with van der Waals surface area (Å²) in [5, 5.41) is 14.6. The summed E-state index contributed by atoms with van der Waals surface area (Å²) in [5.41, 5.74) is 23.3. The lowest BCUT2D eigenvalue weighted by Gasteiger charge is -2.16. The number of benzene rings is 14. The summed E-state index contributed by atoms with van der Waals surface area (Å²) < 4.78 is 0. The minimum absolute atomic E-state index is 0.757. The normalized spacial score (nSPS) is 10.9. The second-order valence-corrected chi connectivity index (χ2v) is 20.0. The van der Waals surface area contributed by atoms with Gasteiger partial charge in [-0.1, -0.05) is 279 Å². The number of hydrogen-bond acceptors (Lipinski definition) is 2. The highest BCUT2D eigenvalue weighted by atomic mass is 35.5. The number of anilines is 3. The summed E-state index contributed by atoms with van der Waals surface area (Å²) in [6.07, 6.45) is 0. The highest BCUT2D eigenvalue weighted by Crippen LogP contribution is 2.42. The molecule has 0 fully saturated rings. The first kappa shape index (κ1) is 49.9. The predicted molar refractivity (Wildman–Crippen MR) is 341 cm³/mol. The van der Waals surface area contributed by atoms with Gasteiger partial charge >= 0.3 is 0 Å².